The lowest BCUT2D eigenvalue weighted by Crippen LogP contribution is -2.33. The van der Waals surface area contributed by atoms with Gasteiger partial charge in [0.15, 0.2) is 9.84 Å². The zero-order valence-electron chi connectivity index (χ0n) is 18.3. The van der Waals surface area contributed by atoms with Crippen LogP contribution in [0.4, 0.5) is 13.2 Å². The van der Waals surface area contributed by atoms with Gasteiger partial charge in [0, 0.05) is 24.2 Å². The molecule has 0 aliphatic carbocycles. The van der Waals surface area contributed by atoms with Crippen molar-refractivity contribution in [2.45, 2.75) is 24.5 Å². The first-order valence-corrected chi connectivity index (χ1v) is 11.9. The van der Waals surface area contributed by atoms with Crippen LogP contribution in [0.3, 0.4) is 0 Å². The highest BCUT2D eigenvalue weighted by atomic mass is 32.2. The van der Waals surface area contributed by atoms with Crippen LogP contribution in [0.5, 0.6) is 0 Å². The third kappa shape index (κ3) is 5.28. The van der Waals surface area contributed by atoms with E-state index in [2.05, 4.69) is 11.9 Å². The van der Waals surface area contributed by atoms with Crippen molar-refractivity contribution in [1.82, 2.24) is 9.88 Å². The van der Waals surface area contributed by atoms with Crippen molar-refractivity contribution in [3.63, 3.8) is 0 Å². The maximum atomic E-state index is 13.2. The number of sulfone groups is 1. The van der Waals surface area contributed by atoms with Crippen LogP contribution in [-0.4, -0.2) is 25.1 Å². The number of hydrogen-bond acceptors (Lipinski definition) is 4. The molecule has 0 unspecified atom stereocenters. The molecule has 2 aromatic carbocycles. The minimum absolute atomic E-state index is 0.00315. The minimum atomic E-state index is -4.60. The minimum Gasteiger partial charge on any atom is -0.348 e. The fourth-order valence-electron chi connectivity index (χ4n) is 3.36. The number of alkyl halides is 3. The Labute approximate surface area is 194 Å². The largest absolute Gasteiger partial charge is 0.416 e. The smallest absolute Gasteiger partial charge is 0.348 e. The van der Waals surface area contributed by atoms with Crippen molar-refractivity contribution in [2.24, 2.45) is 0 Å². The number of hydrogen-bond donors (Lipinski definition) is 1. The van der Waals surface area contributed by atoms with Crippen LogP contribution in [0, 0.1) is 6.92 Å². The highest BCUT2D eigenvalue weighted by Gasteiger charge is 2.31. The molecule has 6 nitrogen and oxygen atoms in total. The SMILES string of the molecule is C=Cc1cc(C(=O)NCc2ccc(S(C)(=O)=O)cc2)c(=O)n(-c2cccc(C(F)(F)F)c2)c1C. The van der Waals surface area contributed by atoms with Crippen molar-refractivity contribution in [1.29, 1.82) is 0 Å². The Morgan fingerprint density at radius 1 is 1.12 bits per heavy atom. The summed E-state index contributed by atoms with van der Waals surface area (Å²) in [5, 5.41) is 2.58. The molecule has 1 amide bonds. The van der Waals surface area contributed by atoms with Gasteiger partial charge in [-0.25, -0.2) is 8.42 Å². The number of rotatable bonds is 6. The van der Waals surface area contributed by atoms with Crippen LogP contribution in [0.25, 0.3) is 11.8 Å². The Bertz CT molecular complexity index is 1420. The van der Waals surface area contributed by atoms with E-state index >= 15 is 0 Å². The van der Waals surface area contributed by atoms with Gasteiger partial charge in [-0.1, -0.05) is 30.9 Å². The average molecular weight is 491 g/mol. The van der Waals surface area contributed by atoms with Gasteiger partial charge in [0.05, 0.1) is 10.5 Å². The van der Waals surface area contributed by atoms with E-state index in [1.807, 2.05) is 0 Å². The van der Waals surface area contributed by atoms with Crippen LogP contribution in [0.1, 0.15) is 32.7 Å². The molecule has 1 heterocycles. The van der Waals surface area contributed by atoms with Crippen molar-refractivity contribution < 1.29 is 26.4 Å². The third-order valence-electron chi connectivity index (χ3n) is 5.19. The van der Waals surface area contributed by atoms with E-state index in [0.717, 1.165) is 23.0 Å². The number of nitrogens with zero attached hydrogens (tertiary/aromatic N) is 1. The van der Waals surface area contributed by atoms with Gasteiger partial charge in [-0.05, 0) is 54.4 Å². The number of halogens is 3. The lowest BCUT2D eigenvalue weighted by atomic mass is 10.1. The quantitative estimate of drug-likeness (QED) is 0.563. The van der Waals surface area contributed by atoms with E-state index < -0.39 is 33.0 Å². The lowest BCUT2D eigenvalue weighted by Gasteiger charge is -2.16. The summed E-state index contributed by atoms with van der Waals surface area (Å²) in [5.41, 5.74) is -0.699. The second-order valence-electron chi connectivity index (χ2n) is 7.59. The number of carbonyl (C=O) groups excluding carboxylic acids is 1. The van der Waals surface area contributed by atoms with Crippen LogP contribution in [-0.2, 0) is 22.6 Å². The molecule has 3 aromatic rings. The first-order chi connectivity index (χ1) is 15.8. The molecule has 0 saturated carbocycles. The first-order valence-electron chi connectivity index (χ1n) is 9.97. The van der Waals surface area contributed by atoms with Gasteiger partial charge in [-0.2, -0.15) is 13.2 Å². The summed E-state index contributed by atoms with van der Waals surface area (Å²) in [6, 6.07) is 11.5. The number of benzene rings is 2. The maximum Gasteiger partial charge on any atom is 0.416 e. The van der Waals surface area contributed by atoms with Crippen molar-refractivity contribution in [3.8, 4) is 5.69 Å². The number of carbonyl (C=O) groups is 1. The van der Waals surface area contributed by atoms with Gasteiger partial charge >= 0.3 is 6.18 Å². The van der Waals surface area contributed by atoms with E-state index in [0.29, 0.717) is 16.8 Å². The number of nitrogens with one attached hydrogen (secondary N) is 1. The van der Waals surface area contributed by atoms with Gasteiger partial charge in [0.25, 0.3) is 11.5 Å². The Morgan fingerprint density at radius 3 is 2.32 bits per heavy atom. The molecular weight excluding hydrogens is 469 g/mol. The van der Waals surface area contributed by atoms with Crippen LogP contribution in [0.2, 0.25) is 0 Å². The van der Waals surface area contributed by atoms with Gasteiger partial charge in [-0.3, -0.25) is 14.2 Å². The molecule has 0 saturated heterocycles. The van der Waals surface area contributed by atoms with Gasteiger partial charge in [0.1, 0.15) is 5.56 Å². The molecule has 0 bridgehead atoms. The van der Waals surface area contributed by atoms with E-state index in [9.17, 15) is 31.2 Å². The van der Waals surface area contributed by atoms with Crippen LogP contribution >= 0.6 is 0 Å². The monoisotopic (exact) mass is 490 g/mol. The summed E-state index contributed by atoms with van der Waals surface area (Å²) < 4.78 is 63.7. The summed E-state index contributed by atoms with van der Waals surface area (Å²) in [7, 11) is -3.37. The van der Waals surface area contributed by atoms with Crippen molar-refractivity contribution in [2.75, 3.05) is 6.26 Å². The Hall–Kier alpha value is -3.66. The molecule has 34 heavy (non-hydrogen) atoms. The van der Waals surface area contributed by atoms with Crippen molar-refractivity contribution >= 4 is 21.8 Å². The van der Waals surface area contributed by atoms with Crippen LogP contribution < -0.4 is 10.9 Å². The zero-order chi connectivity index (χ0) is 25.3. The van der Waals surface area contributed by atoms with Gasteiger partial charge in [0.2, 0.25) is 0 Å². The third-order valence-corrected chi connectivity index (χ3v) is 6.32. The molecular formula is C24H21F3N2O4S. The van der Waals surface area contributed by atoms with Gasteiger partial charge < -0.3 is 5.32 Å². The molecule has 3 rings (SSSR count). The lowest BCUT2D eigenvalue weighted by molar-refractivity contribution is -0.137. The van der Waals surface area contributed by atoms with E-state index in [-0.39, 0.29) is 22.7 Å². The number of aromatic nitrogens is 1. The summed E-state index contributed by atoms with van der Waals surface area (Å²) >= 11 is 0. The molecule has 0 radical (unpaired) electrons. The standard InChI is InChI=1S/C24H21F3N2O4S/c1-4-17-12-21(22(30)28-14-16-8-10-20(11-9-16)34(3,32)33)23(31)29(15(17)2)19-7-5-6-18(13-19)24(25,26)27/h4-13H,1,14H2,2-3H3,(H,28,30). The highest BCUT2D eigenvalue weighted by Crippen LogP contribution is 2.30. The maximum absolute atomic E-state index is 13.2. The molecule has 0 aliphatic heterocycles. The second-order valence-corrected chi connectivity index (χ2v) is 9.61. The summed E-state index contributed by atoms with van der Waals surface area (Å²) in [5.74, 6) is -0.735. The molecule has 0 spiro atoms. The fraction of sp³-hybridized carbons (Fsp3) is 0.167. The molecule has 0 aliphatic rings. The van der Waals surface area contributed by atoms with Crippen LogP contribution in [0.15, 0.2) is 70.9 Å². The summed E-state index contributed by atoms with van der Waals surface area (Å²) in [6.07, 6.45) is -2.12. The average Bonchev–Trinajstić information content (AvgIpc) is 2.77. The molecule has 1 aromatic heterocycles. The van der Waals surface area contributed by atoms with Crippen molar-refractivity contribution in [3.05, 3.63) is 99.5 Å². The highest BCUT2D eigenvalue weighted by molar-refractivity contribution is 7.90. The normalized spacial score (nSPS) is 11.8. The first kappa shape index (κ1) is 25.0. The number of amides is 1. The molecule has 0 atom stereocenters. The second kappa shape index (κ2) is 9.30. The predicted molar refractivity (Wildman–Crippen MR) is 123 cm³/mol. The predicted octanol–water partition coefficient (Wildman–Crippen LogP) is 4.14. The summed E-state index contributed by atoms with van der Waals surface area (Å²) in [6.45, 7) is 5.21. The molecule has 178 valence electrons. The van der Waals surface area contributed by atoms with E-state index in [1.165, 1.54) is 48.5 Å². The van der Waals surface area contributed by atoms with Gasteiger partial charge in [-0.15, -0.1) is 0 Å². The fourth-order valence-corrected chi connectivity index (χ4v) is 3.99. The molecule has 10 heteroatoms. The number of pyridine rings is 1. The Balaban J connectivity index is 1.97. The topological polar surface area (TPSA) is 85.2 Å². The van der Waals surface area contributed by atoms with E-state index in [4.69, 9.17) is 0 Å². The zero-order valence-corrected chi connectivity index (χ0v) is 19.1. The van der Waals surface area contributed by atoms with E-state index in [1.54, 1.807) is 6.92 Å². The molecule has 0 fully saturated rings. The molecule has 1 N–H and O–H groups in total. The Morgan fingerprint density at radius 2 is 1.76 bits per heavy atom. The Kier molecular flexibility index (Phi) is 6.83. The summed E-state index contributed by atoms with van der Waals surface area (Å²) in [4.78, 5) is 26.1.